The summed E-state index contributed by atoms with van der Waals surface area (Å²) in [6.07, 6.45) is 4.21. The fourth-order valence-electron chi connectivity index (χ4n) is 2.01. The van der Waals surface area contributed by atoms with Gasteiger partial charge in [-0.25, -0.2) is 4.98 Å². The molecule has 2 heterocycles. The second-order valence-corrected chi connectivity index (χ2v) is 5.65. The van der Waals surface area contributed by atoms with Crippen molar-refractivity contribution in [1.82, 2.24) is 10.3 Å². The Morgan fingerprint density at radius 3 is 3.17 bits per heavy atom. The molecule has 4 nitrogen and oxygen atoms in total. The van der Waals surface area contributed by atoms with E-state index in [-0.39, 0.29) is 5.91 Å². The summed E-state index contributed by atoms with van der Waals surface area (Å²) in [5.74, 6) is 0.656. The lowest BCUT2D eigenvalue weighted by molar-refractivity contribution is -0.116. The highest BCUT2D eigenvalue weighted by molar-refractivity contribution is 9.10. The molecule has 18 heavy (non-hydrogen) atoms. The van der Waals surface area contributed by atoms with Crippen LogP contribution in [0.15, 0.2) is 16.7 Å². The van der Waals surface area contributed by atoms with E-state index in [1.54, 1.807) is 12.3 Å². The van der Waals surface area contributed by atoms with Gasteiger partial charge < -0.3 is 10.6 Å². The van der Waals surface area contributed by atoms with Crippen LogP contribution in [0.1, 0.15) is 19.3 Å². The average Bonchev–Trinajstić information content (AvgIpc) is 2.84. The van der Waals surface area contributed by atoms with Crippen molar-refractivity contribution in [2.24, 2.45) is 5.92 Å². The molecular formula is C12H15BrClN3O. The third-order valence-electron chi connectivity index (χ3n) is 3.02. The van der Waals surface area contributed by atoms with Crippen LogP contribution in [0.4, 0.5) is 5.69 Å². The van der Waals surface area contributed by atoms with Gasteiger partial charge in [-0.3, -0.25) is 4.79 Å². The number of rotatable bonds is 4. The van der Waals surface area contributed by atoms with Crippen molar-refractivity contribution in [3.8, 4) is 0 Å². The third kappa shape index (κ3) is 3.93. The molecular weight excluding hydrogens is 318 g/mol. The van der Waals surface area contributed by atoms with Crippen LogP contribution >= 0.6 is 27.5 Å². The summed E-state index contributed by atoms with van der Waals surface area (Å²) >= 11 is 9.06. The molecule has 0 saturated carbocycles. The Labute approximate surface area is 120 Å². The van der Waals surface area contributed by atoms with Crippen LogP contribution in [-0.2, 0) is 4.79 Å². The van der Waals surface area contributed by atoms with E-state index in [2.05, 4.69) is 31.5 Å². The molecule has 98 valence electrons. The summed E-state index contributed by atoms with van der Waals surface area (Å²) in [5, 5.41) is 6.51. The predicted molar refractivity (Wildman–Crippen MR) is 75.8 cm³/mol. The number of hydrogen-bond acceptors (Lipinski definition) is 3. The van der Waals surface area contributed by atoms with Gasteiger partial charge in [0.25, 0.3) is 0 Å². The number of halogens is 2. The first-order valence-corrected chi connectivity index (χ1v) is 7.14. The Morgan fingerprint density at radius 2 is 2.50 bits per heavy atom. The quantitative estimate of drug-likeness (QED) is 0.834. The number of carbonyl (C=O) groups is 1. The van der Waals surface area contributed by atoms with E-state index in [0.717, 1.165) is 19.5 Å². The SMILES string of the molecule is O=C(CCC1CCNC1)Nc1cnc(Cl)c(Br)c1. The first kappa shape index (κ1) is 13.8. The summed E-state index contributed by atoms with van der Waals surface area (Å²) in [5.41, 5.74) is 0.667. The number of anilines is 1. The predicted octanol–water partition coefficient (Wildman–Crippen LogP) is 2.83. The summed E-state index contributed by atoms with van der Waals surface area (Å²) in [6.45, 7) is 2.10. The lowest BCUT2D eigenvalue weighted by atomic mass is 10.0. The van der Waals surface area contributed by atoms with Gasteiger partial charge in [-0.15, -0.1) is 0 Å². The highest BCUT2D eigenvalue weighted by atomic mass is 79.9. The molecule has 1 aromatic rings. The van der Waals surface area contributed by atoms with Crippen LogP contribution in [0.3, 0.4) is 0 Å². The van der Waals surface area contributed by atoms with E-state index in [1.165, 1.54) is 6.42 Å². The number of hydrogen-bond donors (Lipinski definition) is 2. The molecule has 1 unspecified atom stereocenters. The molecule has 1 atom stereocenters. The second-order valence-electron chi connectivity index (χ2n) is 4.44. The van der Waals surface area contributed by atoms with Gasteiger partial charge in [0.05, 0.1) is 16.4 Å². The van der Waals surface area contributed by atoms with Crippen LogP contribution in [0.5, 0.6) is 0 Å². The van der Waals surface area contributed by atoms with E-state index in [1.807, 2.05) is 0 Å². The Balaban J connectivity index is 1.80. The number of nitrogens with zero attached hydrogens (tertiary/aromatic N) is 1. The van der Waals surface area contributed by atoms with Crippen LogP contribution in [-0.4, -0.2) is 24.0 Å². The topological polar surface area (TPSA) is 54.0 Å². The minimum atomic E-state index is 0.0259. The molecule has 6 heteroatoms. The number of nitrogens with one attached hydrogen (secondary N) is 2. The van der Waals surface area contributed by atoms with Crippen LogP contribution in [0.25, 0.3) is 0 Å². The van der Waals surface area contributed by atoms with Gasteiger partial charge >= 0.3 is 0 Å². The van der Waals surface area contributed by atoms with Crippen molar-refractivity contribution in [1.29, 1.82) is 0 Å². The summed E-state index contributed by atoms with van der Waals surface area (Å²) < 4.78 is 0.682. The Hall–Kier alpha value is -0.650. The summed E-state index contributed by atoms with van der Waals surface area (Å²) in [6, 6.07) is 1.75. The highest BCUT2D eigenvalue weighted by Crippen LogP contribution is 2.23. The van der Waals surface area contributed by atoms with Crippen LogP contribution in [0.2, 0.25) is 5.15 Å². The van der Waals surface area contributed by atoms with Gasteiger partial charge in [0.2, 0.25) is 5.91 Å². The molecule has 1 fully saturated rings. The number of amides is 1. The molecule has 2 N–H and O–H groups in total. The molecule has 1 amide bonds. The third-order valence-corrected chi connectivity index (χ3v) is 4.16. The van der Waals surface area contributed by atoms with Crippen molar-refractivity contribution >= 4 is 39.1 Å². The zero-order valence-electron chi connectivity index (χ0n) is 9.88. The number of aromatic nitrogens is 1. The standard InChI is InChI=1S/C12H15BrClN3O/c13-10-5-9(7-16-12(10)14)17-11(18)2-1-8-3-4-15-6-8/h5,7-8,15H,1-4,6H2,(H,17,18). The van der Waals surface area contributed by atoms with Crippen LogP contribution < -0.4 is 10.6 Å². The van der Waals surface area contributed by atoms with Gasteiger partial charge in [0.1, 0.15) is 5.15 Å². The fourth-order valence-corrected chi connectivity index (χ4v) is 2.46. The zero-order valence-corrected chi connectivity index (χ0v) is 12.2. The maximum Gasteiger partial charge on any atom is 0.224 e. The van der Waals surface area contributed by atoms with E-state index >= 15 is 0 Å². The van der Waals surface area contributed by atoms with Gasteiger partial charge in [0, 0.05) is 6.42 Å². The first-order chi connectivity index (χ1) is 8.65. The number of carbonyl (C=O) groups excluding carboxylic acids is 1. The van der Waals surface area contributed by atoms with Gasteiger partial charge in [-0.2, -0.15) is 0 Å². The fraction of sp³-hybridized carbons (Fsp3) is 0.500. The average molecular weight is 333 g/mol. The maximum atomic E-state index is 11.8. The number of pyridine rings is 1. The smallest absolute Gasteiger partial charge is 0.224 e. The largest absolute Gasteiger partial charge is 0.325 e. The van der Waals surface area contributed by atoms with Crippen molar-refractivity contribution in [3.05, 3.63) is 21.9 Å². The van der Waals surface area contributed by atoms with Crippen molar-refractivity contribution in [3.63, 3.8) is 0 Å². The van der Waals surface area contributed by atoms with Crippen molar-refractivity contribution in [2.45, 2.75) is 19.3 Å². The lowest BCUT2D eigenvalue weighted by Crippen LogP contribution is -2.15. The molecule has 0 radical (unpaired) electrons. The van der Waals surface area contributed by atoms with E-state index in [0.29, 0.717) is 27.7 Å². The second kappa shape index (κ2) is 6.50. The Bertz CT molecular complexity index is 435. The molecule has 1 aliphatic rings. The van der Waals surface area contributed by atoms with E-state index in [4.69, 9.17) is 11.6 Å². The monoisotopic (exact) mass is 331 g/mol. The molecule has 0 aliphatic carbocycles. The minimum Gasteiger partial charge on any atom is -0.325 e. The van der Waals surface area contributed by atoms with Gasteiger partial charge in [0.15, 0.2) is 0 Å². The van der Waals surface area contributed by atoms with E-state index < -0.39 is 0 Å². The van der Waals surface area contributed by atoms with Gasteiger partial charge in [-0.05, 0) is 53.8 Å². The molecule has 0 bridgehead atoms. The highest BCUT2D eigenvalue weighted by Gasteiger charge is 2.15. The van der Waals surface area contributed by atoms with E-state index in [9.17, 15) is 4.79 Å². The Morgan fingerprint density at radius 1 is 1.67 bits per heavy atom. The molecule has 2 rings (SSSR count). The van der Waals surface area contributed by atoms with Crippen LogP contribution in [0, 0.1) is 5.92 Å². The van der Waals surface area contributed by atoms with Gasteiger partial charge in [-0.1, -0.05) is 11.6 Å². The lowest BCUT2D eigenvalue weighted by Gasteiger charge is -2.09. The summed E-state index contributed by atoms with van der Waals surface area (Å²) in [4.78, 5) is 15.7. The first-order valence-electron chi connectivity index (χ1n) is 5.97. The van der Waals surface area contributed by atoms with Crippen molar-refractivity contribution < 1.29 is 4.79 Å². The molecule has 1 aliphatic heterocycles. The normalized spacial score (nSPS) is 18.9. The molecule has 0 aromatic carbocycles. The zero-order chi connectivity index (χ0) is 13.0. The minimum absolute atomic E-state index is 0.0259. The molecule has 1 aromatic heterocycles. The maximum absolute atomic E-state index is 11.8. The Kier molecular flexibility index (Phi) is 4.97. The van der Waals surface area contributed by atoms with Crippen molar-refractivity contribution in [2.75, 3.05) is 18.4 Å². The summed E-state index contributed by atoms with van der Waals surface area (Å²) in [7, 11) is 0. The molecule has 1 saturated heterocycles. The molecule has 0 spiro atoms.